The van der Waals surface area contributed by atoms with E-state index in [1.807, 2.05) is 38.1 Å². The second kappa shape index (κ2) is 10.3. The molecule has 1 atom stereocenters. The first-order valence-corrected chi connectivity index (χ1v) is 11.7. The molecule has 8 heteroatoms. The van der Waals surface area contributed by atoms with Crippen LogP contribution in [0, 0.1) is 6.92 Å². The zero-order valence-electron chi connectivity index (χ0n) is 17.9. The van der Waals surface area contributed by atoms with E-state index < -0.39 is 22.0 Å². The van der Waals surface area contributed by atoms with Crippen LogP contribution in [0.5, 0.6) is 5.75 Å². The Balaban J connectivity index is 1.65. The molecule has 0 bridgehead atoms. The molecule has 168 valence electrons. The third-order valence-electron chi connectivity index (χ3n) is 4.74. The highest BCUT2D eigenvalue weighted by molar-refractivity contribution is 7.92. The van der Waals surface area contributed by atoms with E-state index in [9.17, 15) is 18.3 Å². The average molecular weight is 455 g/mol. The number of anilines is 1. The van der Waals surface area contributed by atoms with Gasteiger partial charge in [0.25, 0.3) is 15.9 Å². The molecule has 0 unspecified atom stereocenters. The summed E-state index contributed by atoms with van der Waals surface area (Å²) < 4.78 is 33.1. The summed E-state index contributed by atoms with van der Waals surface area (Å²) in [5.41, 5.74) is 2.31. The number of hydrogen-bond donors (Lipinski definition) is 3. The van der Waals surface area contributed by atoms with E-state index >= 15 is 0 Å². The van der Waals surface area contributed by atoms with Gasteiger partial charge in [-0.25, -0.2) is 8.42 Å². The van der Waals surface area contributed by atoms with Gasteiger partial charge in [0, 0.05) is 17.8 Å². The first-order chi connectivity index (χ1) is 15.3. The van der Waals surface area contributed by atoms with Crippen LogP contribution in [-0.4, -0.2) is 32.6 Å². The lowest BCUT2D eigenvalue weighted by atomic mass is 10.1. The van der Waals surface area contributed by atoms with Gasteiger partial charge in [0.05, 0.1) is 17.6 Å². The van der Waals surface area contributed by atoms with Crippen LogP contribution in [0.25, 0.3) is 0 Å². The Kier molecular flexibility index (Phi) is 7.50. The summed E-state index contributed by atoms with van der Waals surface area (Å²) in [6, 6.07) is 19.6. The van der Waals surface area contributed by atoms with Gasteiger partial charge >= 0.3 is 0 Å². The van der Waals surface area contributed by atoms with E-state index in [0.29, 0.717) is 17.9 Å². The van der Waals surface area contributed by atoms with Crippen LogP contribution in [0.1, 0.15) is 34.5 Å². The van der Waals surface area contributed by atoms with Crippen LogP contribution >= 0.6 is 0 Å². The molecule has 0 spiro atoms. The number of rotatable bonds is 9. The van der Waals surface area contributed by atoms with Crippen molar-refractivity contribution in [2.75, 3.05) is 17.9 Å². The first-order valence-electron chi connectivity index (χ1n) is 10.2. The van der Waals surface area contributed by atoms with Gasteiger partial charge in [-0.05, 0) is 61.9 Å². The molecule has 3 aromatic rings. The molecule has 3 rings (SSSR count). The molecule has 32 heavy (non-hydrogen) atoms. The zero-order chi connectivity index (χ0) is 23.1. The Morgan fingerprint density at radius 2 is 1.72 bits per heavy atom. The lowest BCUT2D eigenvalue weighted by molar-refractivity contribution is 0.0916. The van der Waals surface area contributed by atoms with Gasteiger partial charge in [0.2, 0.25) is 0 Å². The second-order valence-electron chi connectivity index (χ2n) is 7.23. The van der Waals surface area contributed by atoms with Gasteiger partial charge in [-0.3, -0.25) is 9.52 Å². The maximum atomic E-state index is 12.7. The maximum absolute atomic E-state index is 12.7. The fraction of sp³-hybridized carbons (Fsp3) is 0.208. The molecule has 0 aromatic heterocycles. The van der Waals surface area contributed by atoms with Crippen molar-refractivity contribution in [3.63, 3.8) is 0 Å². The van der Waals surface area contributed by atoms with Crippen LogP contribution in [0.4, 0.5) is 5.69 Å². The number of sulfonamides is 1. The van der Waals surface area contributed by atoms with E-state index in [2.05, 4.69) is 10.0 Å². The van der Waals surface area contributed by atoms with Crippen LogP contribution in [0.3, 0.4) is 0 Å². The van der Waals surface area contributed by atoms with E-state index in [-0.39, 0.29) is 22.7 Å². The fourth-order valence-electron chi connectivity index (χ4n) is 3.02. The highest BCUT2D eigenvalue weighted by Gasteiger charge is 2.16. The van der Waals surface area contributed by atoms with Crippen molar-refractivity contribution in [1.29, 1.82) is 0 Å². The van der Waals surface area contributed by atoms with Gasteiger partial charge in [0.1, 0.15) is 5.75 Å². The summed E-state index contributed by atoms with van der Waals surface area (Å²) >= 11 is 0. The standard InChI is InChI=1S/C24H26N2O5S/c1-3-31-21-11-13-22(14-12-21)32(29,30)26-20-6-4-5-19(15-20)24(28)25-16-23(27)18-9-7-17(2)8-10-18/h4-15,23,26-27H,3,16H2,1-2H3,(H,25,28)/t23-/m1/s1. The number of carbonyl (C=O) groups excluding carboxylic acids is 1. The smallest absolute Gasteiger partial charge is 0.261 e. The van der Waals surface area contributed by atoms with Crippen LogP contribution in [0.15, 0.2) is 77.7 Å². The number of nitrogens with one attached hydrogen (secondary N) is 2. The molecule has 7 nitrogen and oxygen atoms in total. The third kappa shape index (κ3) is 6.09. The molecule has 0 heterocycles. The Labute approximate surface area is 188 Å². The minimum atomic E-state index is -3.83. The fourth-order valence-corrected chi connectivity index (χ4v) is 4.07. The molecule has 0 aliphatic rings. The summed E-state index contributed by atoms with van der Waals surface area (Å²) in [6.45, 7) is 4.32. The molecule has 0 saturated heterocycles. The molecule has 3 aromatic carbocycles. The maximum Gasteiger partial charge on any atom is 0.261 e. The van der Waals surface area contributed by atoms with Crippen molar-refractivity contribution in [1.82, 2.24) is 5.32 Å². The van der Waals surface area contributed by atoms with Gasteiger partial charge in [-0.1, -0.05) is 35.9 Å². The Hall–Kier alpha value is -3.36. The molecule has 0 radical (unpaired) electrons. The van der Waals surface area contributed by atoms with Crippen LogP contribution in [-0.2, 0) is 10.0 Å². The number of carbonyl (C=O) groups is 1. The lowest BCUT2D eigenvalue weighted by Gasteiger charge is -2.13. The molecule has 0 saturated carbocycles. The number of aryl methyl sites for hydroxylation is 1. The van der Waals surface area contributed by atoms with E-state index in [1.165, 1.54) is 18.2 Å². The number of hydrogen-bond acceptors (Lipinski definition) is 5. The topological polar surface area (TPSA) is 105 Å². The third-order valence-corrected chi connectivity index (χ3v) is 6.14. The van der Waals surface area contributed by atoms with Crippen LogP contribution in [0.2, 0.25) is 0 Å². The van der Waals surface area contributed by atoms with Crippen molar-refractivity contribution >= 4 is 21.6 Å². The number of aliphatic hydroxyl groups excluding tert-OH is 1. The monoisotopic (exact) mass is 454 g/mol. The van der Waals surface area contributed by atoms with E-state index in [4.69, 9.17) is 4.74 Å². The summed E-state index contributed by atoms with van der Waals surface area (Å²) in [6.07, 6.45) is -0.846. The predicted molar refractivity (Wildman–Crippen MR) is 123 cm³/mol. The minimum Gasteiger partial charge on any atom is -0.494 e. The van der Waals surface area contributed by atoms with E-state index in [0.717, 1.165) is 5.56 Å². The molecule has 0 fully saturated rings. The van der Waals surface area contributed by atoms with Gasteiger partial charge in [0.15, 0.2) is 0 Å². The van der Waals surface area contributed by atoms with Gasteiger partial charge in [-0.2, -0.15) is 0 Å². The Morgan fingerprint density at radius 3 is 2.38 bits per heavy atom. The SMILES string of the molecule is CCOc1ccc(S(=O)(=O)Nc2cccc(C(=O)NC[C@@H](O)c3ccc(C)cc3)c2)cc1. The zero-order valence-corrected chi connectivity index (χ0v) is 18.7. The first kappa shape index (κ1) is 23.3. The number of benzene rings is 3. The molecule has 0 aliphatic carbocycles. The van der Waals surface area contributed by atoms with Crippen molar-refractivity contribution in [3.8, 4) is 5.75 Å². The normalized spacial score (nSPS) is 12.1. The number of amides is 1. The molecular weight excluding hydrogens is 428 g/mol. The predicted octanol–water partition coefficient (Wildman–Crippen LogP) is 3.66. The van der Waals surface area contributed by atoms with Gasteiger partial charge in [-0.15, -0.1) is 0 Å². The quantitative estimate of drug-likeness (QED) is 0.458. The van der Waals surface area contributed by atoms with Crippen molar-refractivity contribution in [3.05, 3.63) is 89.5 Å². The van der Waals surface area contributed by atoms with Crippen LogP contribution < -0.4 is 14.8 Å². The van der Waals surface area contributed by atoms with Gasteiger partial charge < -0.3 is 15.2 Å². The minimum absolute atomic E-state index is 0.0318. The number of ether oxygens (including phenoxy) is 1. The van der Waals surface area contributed by atoms with E-state index in [1.54, 1.807) is 30.3 Å². The summed E-state index contributed by atoms with van der Waals surface area (Å²) in [5.74, 6) is 0.163. The molecule has 3 N–H and O–H groups in total. The van der Waals surface area contributed by atoms with Crippen molar-refractivity contribution in [2.24, 2.45) is 0 Å². The molecule has 0 aliphatic heterocycles. The highest BCUT2D eigenvalue weighted by Crippen LogP contribution is 2.20. The van der Waals surface area contributed by atoms with Crippen molar-refractivity contribution in [2.45, 2.75) is 24.8 Å². The lowest BCUT2D eigenvalue weighted by Crippen LogP contribution is -2.28. The second-order valence-corrected chi connectivity index (χ2v) is 8.91. The summed E-state index contributed by atoms with van der Waals surface area (Å²) in [5, 5.41) is 13.0. The molecule has 1 amide bonds. The molecular formula is C24H26N2O5S. The Bertz CT molecular complexity index is 1160. The van der Waals surface area contributed by atoms with Crippen molar-refractivity contribution < 1.29 is 23.1 Å². The highest BCUT2D eigenvalue weighted by atomic mass is 32.2. The Morgan fingerprint density at radius 1 is 1.03 bits per heavy atom. The average Bonchev–Trinajstić information content (AvgIpc) is 2.78. The number of aliphatic hydroxyl groups is 1. The summed E-state index contributed by atoms with van der Waals surface area (Å²) in [7, 11) is -3.83. The largest absolute Gasteiger partial charge is 0.494 e. The summed E-state index contributed by atoms with van der Waals surface area (Å²) in [4.78, 5) is 12.6.